The van der Waals surface area contributed by atoms with Crippen LogP contribution < -0.4 is 5.32 Å². The number of hydrogen-bond donors (Lipinski definition) is 1. The molecule has 0 aromatic heterocycles. The van der Waals surface area contributed by atoms with Gasteiger partial charge in [0, 0.05) is 0 Å². The molecular weight excluding hydrogens is 221 g/mol. The van der Waals surface area contributed by atoms with Crippen LogP contribution in [0, 0.1) is 5.82 Å². The Morgan fingerprint density at radius 2 is 2.29 bits per heavy atom. The van der Waals surface area contributed by atoms with Gasteiger partial charge < -0.3 is 10.1 Å². The summed E-state index contributed by atoms with van der Waals surface area (Å²) in [5.74, 6) is -1.22. The van der Waals surface area contributed by atoms with Crippen molar-refractivity contribution in [3.05, 3.63) is 41.2 Å². The van der Waals surface area contributed by atoms with E-state index >= 15 is 0 Å². The molecule has 4 heteroatoms. The van der Waals surface area contributed by atoms with Crippen LogP contribution in [0.4, 0.5) is 4.39 Å². The van der Waals surface area contributed by atoms with E-state index in [9.17, 15) is 9.18 Å². The molecule has 0 aliphatic rings. The Kier molecular flexibility index (Phi) is 5.36. The number of ether oxygens (including phenoxy) is 1. The summed E-state index contributed by atoms with van der Waals surface area (Å²) in [5, 5.41) is 3.01. The third kappa shape index (κ3) is 4.00. The summed E-state index contributed by atoms with van der Waals surface area (Å²) in [6.07, 6.45) is 4.64. The molecule has 1 aromatic rings. The molecule has 1 aromatic carbocycles. The van der Waals surface area contributed by atoms with Crippen molar-refractivity contribution in [3.8, 4) is 0 Å². The van der Waals surface area contributed by atoms with Gasteiger partial charge in [-0.1, -0.05) is 18.2 Å². The third-order valence-corrected chi connectivity index (χ3v) is 2.27. The Balaban J connectivity index is 2.75. The molecule has 0 bridgehead atoms. The summed E-state index contributed by atoms with van der Waals surface area (Å²) in [7, 11) is 3.10. The Morgan fingerprint density at radius 1 is 1.53 bits per heavy atom. The highest BCUT2D eigenvalue weighted by atomic mass is 19.1. The molecule has 92 valence electrons. The van der Waals surface area contributed by atoms with Gasteiger partial charge in [0.2, 0.25) is 0 Å². The molecule has 0 saturated heterocycles. The van der Waals surface area contributed by atoms with E-state index in [2.05, 4.69) is 10.1 Å². The van der Waals surface area contributed by atoms with Crippen LogP contribution >= 0.6 is 0 Å². The molecule has 0 heterocycles. The van der Waals surface area contributed by atoms with E-state index in [4.69, 9.17) is 0 Å². The quantitative estimate of drug-likeness (QED) is 0.630. The van der Waals surface area contributed by atoms with E-state index in [0.29, 0.717) is 0 Å². The van der Waals surface area contributed by atoms with E-state index in [1.165, 1.54) is 19.2 Å². The molecule has 0 aliphatic carbocycles. The Morgan fingerprint density at radius 3 is 2.88 bits per heavy atom. The van der Waals surface area contributed by atoms with Gasteiger partial charge in [-0.25, -0.2) is 9.18 Å². The summed E-state index contributed by atoms with van der Waals surface area (Å²) in [6.45, 7) is 0.874. The lowest BCUT2D eigenvalue weighted by atomic mass is 10.1. The lowest BCUT2D eigenvalue weighted by Crippen LogP contribution is -2.05. The van der Waals surface area contributed by atoms with E-state index < -0.39 is 11.8 Å². The van der Waals surface area contributed by atoms with Crippen molar-refractivity contribution in [1.82, 2.24) is 5.32 Å². The van der Waals surface area contributed by atoms with Gasteiger partial charge in [0.05, 0.1) is 12.7 Å². The van der Waals surface area contributed by atoms with Crippen molar-refractivity contribution in [3.63, 3.8) is 0 Å². The van der Waals surface area contributed by atoms with Crippen LogP contribution in [0.15, 0.2) is 24.3 Å². The molecule has 1 rings (SSSR count). The van der Waals surface area contributed by atoms with E-state index in [1.807, 2.05) is 19.2 Å². The number of nitrogens with one attached hydrogen (secondary N) is 1. The molecule has 17 heavy (non-hydrogen) atoms. The van der Waals surface area contributed by atoms with Gasteiger partial charge in [0.15, 0.2) is 0 Å². The Labute approximate surface area is 100 Å². The van der Waals surface area contributed by atoms with Crippen LogP contribution in [-0.4, -0.2) is 26.7 Å². The maximum absolute atomic E-state index is 13.5. The molecule has 0 spiro atoms. The molecule has 0 amide bonds. The highest BCUT2D eigenvalue weighted by molar-refractivity contribution is 5.89. The van der Waals surface area contributed by atoms with Gasteiger partial charge in [-0.05, 0) is 37.7 Å². The van der Waals surface area contributed by atoms with E-state index in [1.54, 1.807) is 6.07 Å². The van der Waals surface area contributed by atoms with Crippen molar-refractivity contribution in [2.24, 2.45) is 0 Å². The van der Waals surface area contributed by atoms with Crippen molar-refractivity contribution in [2.75, 3.05) is 20.7 Å². The van der Waals surface area contributed by atoms with Crippen molar-refractivity contribution < 1.29 is 13.9 Å². The summed E-state index contributed by atoms with van der Waals surface area (Å²) >= 11 is 0. The van der Waals surface area contributed by atoms with Crippen LogP contribution in [0.25, 0.3) is 6.08 Å². The molecule has 0 radical (unpaired) electrons. The van der Waals surface area contributed by atoms with Crippen molar-refractivity contribution >= 4 is 12.0 Å². The Bertz CT molecular complexity index is 416. The lowest BCUT2D eigenvalue weighted by molar-refractivity contribution is 0.0595. The maximum Gasteiger partial charge on any atom is 0.340 e. The fourth-order valence-electron chi connectivity index (χ4n) is 1.36. The minimum absolute atomic E-state index is 0.0418. The number of rotatable bonds is 5. The summed E-state index contributed by atoms with van der Waals surface area (Å²) in [6, 6.07) is 4.44. The predicted octanol–water partition coefficient (Wildman–Crippen LogP) is 2.24. The monoisotopic (exact) mass is 237 g/mol. The first-order chi connectivity index (χ1) is 8.19. The second-order valence-electron chi connectivity index (χ2n) is 3.53. The zero-order valence-electron chi connectivity index (χ0n) is 10.00. The fourth-order valence-corrected chi connectivity index (χ4v) is 1.36. The highest BCUT2D eigenvalue weighted by Crippen LogP contribution is 2.13. The van der Waals surface area contributed by atoms with Crippen LogP contribution in [-0.2, 0) is 4.74 Å². The van der Waals surface area contributed by atoms with Crippen molar-refractivity contribution in [2.45, 2.75) is 6.42 Å². The van der Waals surface area contributed by atoms with Gasteiger partial charge in [0.25, 0.3) is 0 Å². The van der Waals surface area contributed by atoms with Crippen LogP contribution in [0.3, 0.4) is 0 Å². The SMILES string of the molecule is CNCCC=Cc1ccc(C(=O)OC)c(F)c1. The maximum atomic E-state index is 13.5. The van der Waals surface area contributed by atoms with Gasteiger partial charge >= 0.3 is 5.97 Å². The third-order valence-electron chi connectivity index (χ3n) is 2.27. The number of benzene rings is 1. The number of hydrogen-bond acceptors (Lipinski definition) is 3. The topological polar surface area (TPSA) is 38.3 Å². The van der Waals surface area contributed by atoms with Crippen LogP contribution in [0.1, 0.15) is 22.3 Å². The van der Waals surface area contributed by atoms with Gasteiger partial charge in [0.1, 0.15) is 5.82 Å². The molecule has 0 saturated carbocycles. The molecule has 0 unspecified atom stereocenters. The molecule has 1 N–H and O–H groups in total. The Hall–Kier alpha value is -1.68. The minimum atomic E-state index is -0.659. The number of carbonyl (C=O) groups is 1. The van der Waals surface area contributed by atoms with Crippen LogP contribution in [0.5, 0.6) is 0 Å². The molecule has 0 aliphatic heterocycles. The second kappa shape index (κ2) is 6.81. The van der Waals surface area contributed by atoms with Gasteiger partial charge in [-0.3, -0.25) is 0 Å². The lowest BCUT2D eigenvalue weighted by Gasteiger charge is -2.01. The minimum Gasteiger partial charge on any atom is -0.465 e. The van der Waals surface area contributed by atoms with Crippen LogP contribution in [0.2, 0.25) is 0 Å². The van der Waals surface area contributed by atoms with Gasteiger partial charge in [-0.2, -0.15) is 0 Å². The average molecular weight is 237 g/mol. The number of halogens is 1. The number of carbonyl (C=O) groups excluding carboxylic acids is 1. The first kappa shape index (κ1) is 13.4. The predicted molar refractivity (Wildman–Crippen MR) is 65.3 cm³/mol. The van der Waals surface area contributed by atoms with E-state index in [-0.39, 0.29) is 5.56 Å². The zero-order chi connectivity index (χ0) is 12.7. The standard InChI is InChI=1S/C13H16FNO2/c1-15-8-4-3-5-10-6-7-11(12(14)9-10)13(16)17-2/h3,5-7,9,15H,4,8H2,1-2H3. The molecule has 0 atom stereocenters. The summed E-state index contributed by atoms with van der Waals surface area (Å²) in [5.41, 5.74) is 0.686. The molecule has 3 nitrogen and oxygen atoms in total. The van der Waals surface area contributed by atoms with Gasteiger partial charge in [-0.15, -0.1) is 0 Å². The first-order valence-electron chi connectivity index (χ1n) is 5.38. The number of esters is 1. The molecule has 0 fully saturated rings. The number of methoxy groups -OCH3 is 1. The largest absolute Gasteiger partial charge is 0.465 e. The summed E-state index contributed by atoms with van der Waals surface area (Å²) < 4.78 is 18.0. The average Bonchev–Trinajstić information content (AvgIpc) is 2.34. The fraction of sp³-hybridized carbons (Fsp3) is 0.308. The normalized spacial score (nSPS) is 10.8. The highest BCUT2D eigenvalue weighted by Gasteiger charge is 2.11. The molecular formula is C13H16FNO2. The van der Waals surface area contributed by atoms with Crippen molar-refractivity contribution in [1.29, 1.82) is 0 Å². The second-order valence-corrected chi connectivity index (χ2v) is 3.53. The smallest absolute Gasteiger partial charge is 0.340 e. The summed E-state index contributed by atoms with van der Waals surface area (Å²) in [4.78, 5) is 11.2. The first-order valence-corrected chi connectivity index (χ1v) is 5.38. The van der Waals surface area contributed by atoms with E-state index in [0.717, 1.165) is 18.5 Å². The zero-order valence-corrected chi connectivity index (χ0v) is 10.00.